The molecule has 0 atom stereocenters. The van der Waals surface area contributed by atoms with E-state index in [9.17, 15) is 9.59 Å². The van der Waals surface area contributed by atoms with Crippen LogP contribution in [0.2, 0.25) is 0 Å². The summed E-state index contributed by atoms with van der Waals surface area (Å²) in [6.07, 6.45) is 6.92. The Labute approximate surface area is 259 Å². The Kier molecular flexibility index (Phi) is 7.42. The van der Waals surface area contributed by atoms with Crippen LogP contribution >= 0.6 is 11.3 Å². The van der Waals surface area contributed by atoms with E-state index in [2.05, 4.69) is 22.4 Å². The highest BCUT2D eigenvalue weighted by Crippen LogP contribution is 2.40. The van der Waals surface area contributed by atoms with Crippen molar-refractivity contribution in [2.45, 2.75) is 51.6 Å². The number of aryl methyl sites for hydroxylation is 3. The van der Waals surface area contributed by atoms with E-state index in [1.807, 2.05) is 20.0 Å². The van der Waals surface area contributed by atoms with Crippen molar-refractivity contribution in [2.24, 2.45) is 14.1 Å². The van der Waals surface area contributed by atoms with Crippen molar-refractivity contribution < 1.29 is 13.9 Å². The summed E-state index contributed by atoms with van der Waals surface area (Å²) >= 11 is 1.63. The highest BCUT2D eigenvalue weighted by Gasteiger charge is 2.33. The molecule has 230 valence electrons. The lowest BCUT2D eigenvalue weighted by Crippen LogP contribution is -2.46. The molecule has 0 radical (unpaired) electrons. The number of carbonyl (C=O) groups is 1. The average molecular weight is 617 g/mol. The van der Waals surface area contributed by atoms with Crippen LogP contribution in [0.15, 0.2) is 35.3 Å². The Hall–Kier alpha value is -3.80. The van der Waals surface area contributed by atoms with E-state index in [4.69, 9.17) is 4.74 Å². The molecule has 4 aromatic rings. The number of hydrogen-bond donors (Lipinski definition) is 1. The monoisotopic (exact) mass is 616 g/mol. The number of fused-ring (bicyclic) bond motifs is 3. The van der Waals surface area contributed by atoms with Gasteiger partial charge in [-0.2, -0.15) is 5.10 Å². The second kappa shape index (κ2) is 11.3. The van der Waals surface area contributed by atoms with E-state index in [1.165, 1.54) is 45.5 Å². The predicted molar refractivity (Wildman–Crippen MR) is 171 cm³/mol. The SMILES string of the molecule is Cc1c(-c2cc(Nc3cc(CN(C)C4COC4)n(C)n3)c(=O)n(C)c2)cc(F)cc1N1CCc2c(sc3c2CCCC3)C1=O. The zero-order valence-electron chi connectivity index (χ0n) is 25.6. The summed E-state index contributed by atoms with van der Waals surface area (Å²) in [5.74, 6) is 0.0814. The molecule has 0 saturated carbocycles. The van der Waals surface area contributed by atoms with Crippen LogP contribution < -0.4 is 15.8 Å². The zero-order valence-corrected chi connectivity index (χ0v) is 26.4. The van der Waals surface area contributed by atoms with Crippen LogP contribution in [0.25, 0.3) is 11.1 Å². The molecule has 2 aliphatic heterocycles. The first-order valence-electron chi connectivity index (χ1n) is 15.2. The lowest BCUT2D eigenvalue weighted by Gasteiger charge is -2.34. The van der Waals surface area contributed by atoms with Crippen LogP contribution in [0, 0.1) is 12.7 Å². The van der Waals surface area contributed by atoms with Crippen molar-refractivity contribution in [3.8, 4) is 11.1 Å². The maximum absolute atomic E-state index is 15.3. The molecule has 3 aliphatic rings. The Bertz CT molecular complexity index is 1840. The van der Waals surface area contributed by atoms with Gasteiger partial charge in [0.05, 0.1) is 35.5 Å². The minimum Gasteiger partial charge on any atom is -0.378 e. The first-order valence-corrected chi connectivity index (χ1v) is 16.0. The third-order valence-corrected chi connectivity index (χ3v) is 10.7. The number of halogens is 1. The number of nitrogens with zero attached hydrogens (tertiary/aromatic N) is 5. The van der Waals surface area contributed by atoms with Gasteiger partial charge in [-0.15, -0.1) is 11.3 Å². The Morgan fingerprint density at radius 3 is 2.66 bits per heavy atom. The summed E-state index contributed by atoms with van der Waals surface area (Å²) < 4.78 is 23.9. The number of hydrogen-bond acceptors (Lipinski definition) is 7. The molecular formula is C33H37FN6O3S. The number of thiophene rings is 1. The molecule has 1 amide bonds. The molecule has 9 nitrogen and oxygen atoms in total. The van der Waals surface area contributed by atoms with Gasteiger partial charge in [-0.1, -0.05) is 0 Å². The van der Waals surface area contributed by atoms with Gasteiger partial charge in [0, 0.05) is 49.9 Å². The number of ether oxygens (including phenoxy) is 1. The summed E-state index contributed by atoms with van der Waals surface area (Å²) in [6, 6.07) is 7.00. The molecule has 0 bridgehead atoms. The number of pyridine rings is 1. The molecule has 3 aromatic heterocycles. The molecule has 1 saturated heterocycles. The van der Waals surface area contributed by atoms with Crippen molar-refractivity contribution in [3.05, 3.63) is 78.8 Å². The molecule has 1 N–H and O–H groups in total. The van der Waals surface area contributed by atoms with E-state index in [1.54, 1.807) is 40.2 Å². The van der Waals surface area contributed by atoms with Gasteiger partial charge < -0.3 is 19.5 Å². The van der Waals surface area contributed by atoms with Crippen molar-refractivity contribution in [1.82, 2.24) is 19.2 Å². The van der Waals surface area contributed by atoms with Crippen LogP contribution in [-0.2, 0) is 44.6 Å². The fraction of sp³-hybridized carbons (Fsp3) is 0.424. The number of likely N-dealkylation sites (N-methyl/N-ethyl adjacent to an activating group) is 1. The lowest BCUT2D eigenvalue weighted by molar-refractivity contribution is -0.0592. The molecule has 11 heteroatoms. The maximum atomic E-state index is 15.3. The second-order valence-electron chi connectivity index (χ2n) is 12.3. The minimum atomic E-state index is -0.427. The maximum Gasteiger partial charge on any atom is 0.274 e. The van der Waals surface area contributed by atoms with Gasteiger partial charge in [-0.25, -0.2) is 4.39 Å². The molecule has 1 aliphatic carbocycles. The molecular weight excluding hydrogens is 579 g/mol. The molecule has 5 heterocycles. The minimum absolute atomic E-state index is 0.0467. The van der Waals surface area contributed by atoms with Crippen LogP contribution in [0.4, 0.5) is 21.6 Å². The zero-order chi connectivity index (χ0) is 30.7. The molecule has 1 fully saturated rings. The normalized spacial score (nSPS) is 16.7. The van der Waals surface area contributed by atoms with E-state index in [-0.39, 0.29) is 11.5 Å². The first-order chi connectivity index (χ1) is 21.2. The van der Waals surface area contributed by atoms with Crippen LogP contribution in [-0.4, -0.2) is 58.0 Å². The topological polar surface area (TPSA) is 84.6 Å². The van der Waals surface area contributed by atoms with Gasteiger partial charge in [0.15, 0.2) is 5.82 Å². The third-order valence-electron chi connectivity index (χ3n) is 9.33. The summed E-state index contributed by atoms with van der Waals surface area (Å²) in [4.78, 5) is 33.1. The quantitative estimate of drug-likeness (QED) is 0.317. The number of amides is 1. The van der Waals surface area contributed by atoms with Gasteiger partial charge >= 0.3 is 0 Å². The van der Waals surface area contributed by atoms with Crippen molar-refractivity contribution in [3.63, 3.8) is 0 Å². The number of benzene rings is 1. The van der Waals surface area contributed by atoms with Gasteiger partial charge in [-0.05, 0) is 86.5 Å². The number of aromatic nitrogens is 3. The van der Waals surface area contributed by atoms with E-state index < -0.39 is 5.82 Å². The molecule has 1 aromatic carbocycles. The Morgan fingerprint density at radius 2 is 1.89 bits per heavy atom. The highest BCUT2D eigenvalue weighted by molar-refractivity contribution is 7.14. The van der Waals surface area contributed by atoms with E-state index >= 15 is 4.39 Å². The fourth-order valence-electron chi connectivity index (χ4n) is 6.65. The molecule has 0 unspecified atom stereocenters. The van der Waals surface area contributed by atoms with E-state index in [0.29, 0.717) is 47.5 Å². The van der Waals surface area contributed by atoms with Gasteiger partial charge in [-0.3, -0.25) is 19.2 Å². The summed E-state index contributed by atoms with van der Waals surface area (Å²) in [5, 5.41) is 7.79. The van der Waals surface area contributed by atoms with Crippen LogP contribution in [0.5, 0.6) is 0 Å². The first kappa shape index (κ1) is 28.9. The number of nitrogens with one attached hydrogen (secondary N) is 1. The third kappa shape index (κ3) is 5.06. The van der Waals surface area contributed by atoms with Gasteiger partial charge in [0.25, 0.3) is 11.5 Å². The van der Waals surface area contributed by atoms with Crippen molar-refractivity contribution in [2.75, 3.05) is 37.0 Å². The molecule has 44 heavy (non-hydrogen) atoms. The number of rotatable bonds is 7. The average Bonchev–Trinajstić information content (AvgIpc) is 3.51. The molecule has 0 spiro atoms. The lowest BCUT2D eigenvalue weighted by atomic mass is 9.91. The summed E-state index contributed by atoms with van der Waals surface area (Å²) in [5.41, 5.74) is 6.36. The predicted octanol–water partition coefficient (Wildman–Crippen LogP) is 4.95. The van der Waals surface area contributed by atoms with Crippen molar-refractivity contribution in [1.29, 1.82) is 0 Å². The second-order valence-corrected chi connectivity index (χ2v) is 13.4. The van der Waals surface area contributed by atoms with Crippen LogP contribution in [0.1, 0.15) is 49.8 Å². The highest BCUT2D eigenvalue weighted by atomic mass is 32.1. The molecule has 7 rings (SSSR count). The standard InChI is InChI=1S/C33H37FN6O3S/c1-19-26(12-21(34)13-28(19)40-10-9-25-24-7-5-6-8-29(24)44-31(25)33(40)42)20-11-27(32(41)38(3)15-20)35-30-14-22(39(4)36-30)16-37(2)23-17-43-18-23/h11-15,23H,5-10,16-18H2,1-4H3,(H,35,36). The summed E-state index contributed by atoms with van der Waals surface area (Å²) in [7, 11) is 5.63. The smallest absolute Gasteiger partial charge is 0.274 e. The number of carbonyl (C=O) groups excluding carboxylic acids is 1. The number of anilines is 3. The van der Waals surface area contributed by atoms with E-state index in [0.717, 1.165) is 48.6 Å². The van der Waals surface area contributed by atoms with Gasteiger partial charge in [0.1, 0.15) is 11.5 Å². The van der Waals surface area contributed by atoms with Crippen LogP contribution in [0.3, 0.4) is 0 Å². The van der Waals surface area contributed by atoms with Crippen molar-refractivity contribution >= 4 is 34.4 Å². The summed E-state index contributed by atoms with van der Waals surface area (Å²) in [6.45, 7) is 4.59. The van der Waals surface area contributed by atoms with Gasteiger partial charge in [0.2, 0.25) is 0 Å². The fourth-order valence-corrected chi connectivity index (χ4v) is 8.04. The Balaban J connectivity index is 1.19. The largest absolute Gasteiger partial charge is 0.378 e. The Morgan fingerprint density at radius 1 is 1.09 bits per heavy atom.